The smallest absolute Gasteiger partial charge is 0.227 e. The molecule has 1 aliphatic heterocycles. The molecule has 0 bridgehead atoms. The zero-order valence-electron chi connectivity index (χ0n) is 14.7. The van der Waals surface area contributed by atoms with E-state index in [0.29, 0.717) is 18.0 Å². The molecule has 0 spiro atoms. The van der Waals surface area contributed by atoms with E-state index in [2.05, 4.69) is 0 Å². The van der Waals surface area contributed by atoms with Crippen LogP contribution in [-0.2, 0) is 11.2 Å². The molecule has 0 unspecified atom stereocenters. The quantitative estimate of drug-likeness (QED) is 0.850. The topological polar surface area (TPSA) is 64.8 Å². The highest BCUT2D eigenvalue weighted by atomic mass is 16.5. The highest BCUT2D eigenvalue weighted by Crippen LogP contribution is 2.33. The summed E-state index contributed by atoms with van der Waals surface area (Å²) in [5.74, 6) is 2.02. The van der Waals surface area contributed by atoms with E-state index in [0.717, 1.165) is 42.1 Å². The van der Waals surface area contributed by atoms with Crippen LogP contribution in [0.5, 0.6) is 11.5 Å². The SMILES string of the molecule is COc1cc(OC)cc([C@@H]2CCN(C(=O)Cc3ccc(N)cc3)C2)c1. The van der Waals surface area contributed by atoms with Gasteiger partial charge in [0.1, 0.15) is 11.5 Å². The number of carbonyl (C=O) groups excluding carboxylic acids is 1. The summed E-state index contributed by atoms with van der Waals surface area (Å²) in [7, 11) is 3.30. The molecule has 0 aromatic heterocycles. The van der Waals surface area contributed by atoms with Crippen molar-refractivity contribution in [1.29, 1.82) is 0 Å². The van der Waals surface area contributed by atoms with Gasteiger partial charge in [-0.2, -0.15) is 0 Å². The second kappa shape index (κ2) is 7.47. The van der Waals surface area contributed by atoms with Crippen LogP contribution in [-0.4, -0.2) is 38.1 Å². The Bertz CT molecular complexity index is 721. The lowest BCUT2D eigenvalue weighted by atomic mass is 9.98. The molecule has 5 nitrogen and oxygen atoms in total. The van der Waals surface area contributed by atoms with Crippen LogP contribution in [0.15, 0.2) is 42.5 Å². The lowest BCUT2D eigenvalue weighted by Crippen LogP contribution is -2.29. The van der Waals surface area contributed by atoms with E-state index in [4.69, 9.17) is 15.2 Å². The molecule has 0 radical (unpaired) electrons. The third kappa shape index (κ3) is 4.05. The Labute approximate surface area is 148 Å². The average molecular weight is 340 g/mol. The number of nitrogens with two attached hydrogens (primary N) is 1. The van der Waals surface area contributed by atoms with Gasteiger partial charge in [0, 0.05) is 30.8 Å². The number of methoxy groups -OCH3 is 2. The normalized spacial score (nSPS) is 16.7. The monoisotopic (exact) mass is 340 g/mol. The Kier molecular flexibility index (Phi) is 5.12. The molecule has 0 saturated carbocycles. The van der Waals surface area contributed by atoms with Gasteiger partial charge in [0.15, 0.2) is 0 Å². The Morgan fingerprint density at radius 3 is 2.36 bits per heavy atom. The van der Waals surface area contributed by atoms with Crippen molar-refractivity contribution in [3.63, 3.8) is 0 Å². The molecule has 1 fully saturated rings. The summed E-state index contributed by atoms with van der Waals surface area (Å²) in [4.78, 5) is 14.5. The molecule has 1 amide bonds. The Balaban J connectivity index is 1.66. The maximum Gasteiger partial charge on any atom is 0.227 e. The number of likely N-dealkylation sites (tertiary alicyclic amines) is 1. The van der Waals surface area contributed by atoms with Crippen LogP contribution in [0.25, 0.3) is 0 Å². The molecule has 25 heavy (non-hydrogen) atoms. The molecule has 2 aromatic carbocycles. The standard InChI is InChI=1S/C20H24N2O3/c1-24-18-10-16(11-19(12-18)25-2)15-7-8-22(13-15)20(23)9-14-3-5-17(21)6-4-14/h3-6,10-12,15H,7-9,13,21H2,1-2H3/t15-/m1/s1. The third-order valence-electron chi connectivity index (χ3n) is 4.72. The van der Waals surface area contributed by atoms with Gasteiger partial charge in [-0.05, 0) is 41.8 Å². The van der Waals surface area contributed by atoms with E-state index in [1.54, 1.807) is 14.2 Å². The van der Waals surface area contributed by atoms with Crippen LogP contribution in [0.1, 0.15) is 23.5 Å². The molecular weight excluding hydrogens is 316 g/mol. The number of nitrogen functional groups attached to an aromatic ring is 1. The molecule has 2 aromatic rings. The number of nitrogens with zero attached hydrogens (tertiary/aromatic N) is 1. The van der Waals surface area contributed by atoms with Gasteiger partial charge in [-0.3, -0.25) is 4.79 Å². The van der Waals surface area contributed by atoms with Gasteiger partial charge in [0.25, 0.3) is 0 Å². The van der Waals surface area contributed by atoms with E-state index < -0.39 is 0 Å². The lowest BCUT2D eigenvalue weighted by molar-refractivity contribution is -0.129. The minimum atomic E-state index is 0.155. The Morgan fingerprint density at radius 2 is 1.76 bits per heavy atom. The predicted octanol–water partition coefficient (Wildman–Crippen LogP) is 2.84. The molecule has 132 valence electrons. The molecular formula is C20H24N2O3. The zero-order chi connectivity index (χ0) is 17.8. The van der Waals surface area contributed by atoms with Gasteiger partial charge in [-0.25, -0.2) is 0 Å². The summed E-state index contributed by atoms with van der Waals surface area (Å²) in [6.07, 6.45) is 1.36. The summed E-state index contributed by atoms with van der Waals surface area (Å²) in [5, 5.41) is 0. The molecule has 0 aliphatic carbocycles. The number of hydrogen-bond acceptors (Lipinski definition) is 4. The number of anilines is 1. The van der Waals surface area contributed by atoms with Crippen molar-refractivity contribution in [2.24, 2.45) is 0 Å². The number of rotatable bonds is 5. The molecule has 5 heteroatoms. The van der Waals surface area contributed by atoms with Gasteiger partial charge in [0.2, 0.25) is 5.91 Å². The van der Waals surface area contributed by atoms with Gasteiger partial charge in [0.05, 0.1) is 20.6 Å². The fourth-order valence-corrected chi connectivity index (χ4v) is 3.25. The second-order valence-electron chi connectivity index (χ2n) is 6.39. The maximum absolute atomic E-state index is 12.6. The van der Waals surface area contributed by atoms with E-state index in [1.165, 1.54) is 0 Å². The van der Waals surface area contributed by atoms with Crippen molar-refractivity contribution in [3.05, 3.63) is 53.6 Å². The maximum atomic E-state index is 12.6. The van der Waals surface area contributed by atoms with Crippen LogP contribution in [0.4, 0.5) is 5.69 Å². The fraction of sp³-hybridized carbons (Fsp3) is 0.350. The minimum absolute atomic E-state index is 0.155. The first kappa shape index (κ1) is 17.1. The molecule has 2 N–H and O–H groups in total. The number of ether oxygens (including phenoxy) is 2. The summed E-state index contributed by atoms with van der Waals surface area (Å²) in [6, 6.07) is 13.4. The molecule has 1 heterocycles. The van der Waals surface area contributed by atoms with Crippen molar-refractivity contribution in [3.8, 4) is 11.5 Å². The molecule has 1 saturated heterocycles. The molecule has 1 atom stereocenters. The van der Waals surface area contributed by atoms with Crippen molar-refractivity contribution < 1.29 is 14.3 Å². The predicted molar refractivity (Wildman–Crippen MR) is 98.0 cm³/mol. The first-order valence-electron chi connectivity index (χ1n) is 8.44. The number of carbonyl (C=O) groups is 1. The Morgan fingerprint density at radius 1 is 1.12 bits per heavy atom. The van der Waals surface area contributed by atoms with Crippen LogP contribution in [0.3, 0.4) is 0 Å². The summed E-state index contributed by atoms with van der Waals surface area (Å²) in [5.41, 5.74) is 8.55. The summed E-state index contributed by atoms with van der Waals surface area (Å²) >= 11 is 0. The van der Waals surface area contributed by atoms with Crippen molar-refractivity contribution in [1.82, 2.24) is 4.90 Å². The zero-order valence-corrected chi connectivity index (χ0v) is 14.7. The van der Waals surface area contributed by atoms with E-state index in [-0.39, 0.29) is 5.91 Å². The number of benzene rings is 2. The molecule has 3 rings (SSSR count). The van der Waals surface area contributed by atoms with E-state index in [1.807, 2.05) is 47.4 Å². The van der Waals surface area contributed by atoms with E-state index in [9.17, 15) is 4.79 Å². The van der Waals surface area contributed by atoms with Crippen molar-refractivity contribution in [2.45, 2.75) is 18.8 Å². The van der Waals surface area contributed by atoms with Crippen LogP contribution in [0, 0.1) is 0 Å². The summed E-state index contributed by atoms with van der Waals surface area (Å²) < 4.78 is 10.7. The molecule has 1 aliphatic rings. The Hall–Kier alpha value is -2.69. The number of hydrogen-bond donors (Lipinski definition) is 1. The third-order valence-corrected chi connectivity index (χ3v) is 4.72. The van der Waals surface area contributed by atoms with E-state index >= 15 is 0 Å². The fourth-order valence-electron chi connectivity index (χ4n) is 3.25. The highest BCUT2D eigenvalue weighted by molar-refractivity contribution is 5.79. The average Bonchev–Trinajstić information content (AvgIpc) is 3.13. The van der Waals surface area contributed by atoms with Crippen LogP contribution >= 0.6 is 0 Å². The van der Waals surface area contributed by atoms with Gasteiger partial charge in [-0.1, -0.05) is 12.1 Å². The highest BCUT2D eigenvalue weighted by Gasteiger charge is 2.28. The van der Waals surface area contributed by atoms with Crippen LogP contribution < -0.4 is 15.2 Å². The van der Waals surface area contributed by atoms with Gasteiger partial charge < -0.3 is 20.1 Å². The van der Waals surface area contributed by atoms with Crippen molar-refractivity contribution >= 4 is 11.6 Å². The lowest BCUT2D eigenvalue weighted by Gasteiger charge is -2.17. The minimum Gasteiger partial charge on any atom is -0.497 e. The van der Waals surface area contributed by atoms with Gasteiger partial charge in [-0.15, -0.1) is 0 Å². The second-order valence-corrected chi connectivity index (χ2v) is 6.39. The van der Waals surface area contributed by atoms with Crippen LogP contribution in [0.2, 0.25) is 0 Å². The van der Waals surface area contributed by atoms with Gasteiger partial charge >= 0.3 is 0 Å². The first-order chi connectivity index (χ1) is 12.1. The largest absolute Gasteiger partial charge is 0.497 e. The number of amides is 1. The van der Waals surface area contributed by atoms with Crippen molar-refractivity contribution in [2.75, 3.05) is 33.0 Å². The summed E-state index contributed by atoms with van der Waals surface area (Å²) in [6.45, 7) is 1.50. The first-order valence-corrected chi connectivity index (χ1v) is 8.44.